The molecule has 0 spiro atoms. The Labute approximate surface area is 117 Å². The molecule has 0 aromatic rings. The molecule has 7 heteroatoms. The molecule has 112 valence electrons. The summed E-state index contributed by atoms with van der Waals surface area (Å²) in [6.07, 6.45) is 3.70. The molecule has 4 N–H and O–H groups in total. The van der Waals surface area contributed by atoms with Crippen molar-refractivity contribution in [3.05, 3.63) is 0 Å². The van der Waals surface area contributed by atoms with Crippen LogP contribution in [-0.4, -0.2) is 41.1 Å². The van der Waals surface area contributed by atoms with Crippen molar-refractivity contribution in [3.63, 3.8) is 0 Å². The Morgan fingerprint density at radius 2 is 1.70 bits per heavy atom. The van der Waals surface area contributed by atoms with E-state index in [9.17, 15) is 14.4 Å². The van der Waals surface area contributed by atoms with E-state index in [-0.39, 0.29) is 23.9 Å². The molecule has 0 aliphatic heterocycles. The number of urea groups is 1. The normalized spacial score (nSPS) is 26.6. The van der Waals surface area contributed by atoms with Gasteiger partial charge in [0.15, 0.2) is 0 Å². The lowest BCUT2D eigenvalue weighted by molar-refractivity contribution is -0.141. The van der Waals surface area contributed by atoms with Crippen LogP contribution >= 0.6 is 0 Å². The Hall–Kier alpha value is -1.79. The molecule has 1 unspecified atom stereocenters. The topological polar surface area (TPSA) is 108 Å². The van der Waals surface area contributed by atoms with Crippen LogP contribution in [0.25, 0.3) is 0 Å². The SMILES string of the molecule is CC(NC(=O)N[C@H]1CC[C@@H](C(=O)O)C1)C(=O)NC1CC1. The van der Waals surface area contributed by atoms with E-state index in [1.807, 2.05) is 0 Å². The minimum Gasteiger partial charge on any atom is -0.481 e. The summed E-state index contributed by atoms with van der Waals surface area (Å²) in [4.78, 5) is 34.2. The van der Waals surface area contributed by atoms with Crippen molar-refractivity contribution in [2.75, 3.05) is 0 Å². The Kier molecular flexibility index (Phi) is 4.46. The summed E-state index contributed by atoms with van der Waals surface area (Å²) < 4.78 is 0. The third kappa shape index (κ3) is 4.11. The number of nitrogens with one attached hydrogen (secondary N) is 3. The van der Waals surface area contributed by atoms with E-state index in [4.69, 9.17) is 5.11 Å². The van der Waals surface area contributed by atoms with Crippen molar-refractivity contribution < 1.29 is 19.5 Å². The second kappa shape index (κ2) is 6.11. The highest BCUT2D eigenvalue weighted by Crippen LogP contribution is 2.25. The van der Waals surface area contributed by atoms with Crippen LogP contribution in [0.5, 0.6) is 0 Å². The van der Waals surface area contributed by atoms with Crippen LogP contribution in [0.15, 0.2) is 0 Å². The van der Waals surface area contributed by atoms with Crippen LogP contribution in [0.3, 0.4) is 0 Å². The van der Waals surface area contributed by atoms with E-state index in [1.165, 1.54) is 0 Å². The van der Waals surface area contributed by atoms with Gasteiger partial charge in [-0.2, -0.15) is 0 Å². The lowest BCUT2D eigenvalue weighted by atomic mass is 10.1. The van der Waals surface area contributed by atoms with Crippen molar-refractivity contribution in [1.82, 2.24) is 16.0 Å². The van der Waals surface area contributed by atoms with Gasteiger partial charge in [0.25, 0.3) is 0 Å². The van der Waals surface area contributed by atoms with E-state index >= 15 is 0 Å². The summed E-state index contributed by atoms with van der Waals surface area (Å²) in [7, 11) is 0. The van der Waals surface area contributed by atoms with Crippen LogP contribution in [0.4, 0.5) is 4.79 Å². The molecule has 7 nitrogen and oxygen atoms in total. The van der Waals surface area contributed by atoms with Gasteiger partial charge < -0.3 is 21.1 Å². The maximum absolute atomic E-state index is 11.7. The quantitative estimate of drug-likeness (QED) is 0.578. The summed E-state index contributed by atoms with van der Waals surface area (Å²) in [5, 5.41) is 17.0. The van der Waals surface area contributed by atoms with Crippen LogP contribution in [0, 0.1) is 5.92 Å². The van der Waals surface area contributed by atoms with Crippen molar-refractivity contribution >= 4 is 17.9 Å². The molecule has 2 aliphatic carbocycles. The van der Waals surface area contributed by atoms with E-state index in [0.29, 0.717) is 19.3 Å². The van der Waals surface area contributed by atoms with Crippen molar-refractivity contribution in [3.8, 4) is 0 Å². The van der Waals surface area contributed by atoms with Crippen LogP contribution in [-0.2, 0) is 9.59 Å². The molecular formula is C13H21N3O4. The standard InChI is InChI=1S/C13H21N3O4/c1-7(11(17)15-9-4-5-9)14-13(20)16-10-3-2-8(6-10)12(18)19/h7-10H,2-6H2,1H3,(H,15,17)(H,18,19)(H2,14,16,20)/t7?,8-,10+/m1/s1. The summed E-state index contributed by atoms with van der Waals surface area (Å²) >= 11 is 0. The van der Waals surface area contributed by atoms with Gasteiger partial charge in [-0.1, -0.05) is 0 Å². The minimum atomic E-state index is -0.813. The summed E-state index contributed by atoms with van der Waals surface area (Å²) in [6.45, 7) is 1.63. The predicted molar refractivity (Wildman–Crippen MR) is 71.1 cm³/mol. The van der Waals surface area contributed by atoms with Gasteiger partial charge in [-0.25, -0.2) is 4.79 Å². The summed E-state index contributed by atoms with van der Waals surface area (Å²) in [5.74, 6) is -1.37. The molecule has 0 aromatic carbocycles. The number of hydrogen-bond donors (Lipinski definition) is 4. The van der Waals surface area contributed by atoms with E-state index in [1.54, 1.807) is 6.92 Å². The maximum atomic E-state index is 11.7. The molecule has 2 fully saturated rings. The zero-order valence-electron chi connectivity index (χ0n) is 11.5. The smallest absolute Gasteiger partial charge is 0.315 e. The van der Waals surface area contributed by atoms with Crippen LogP contribution in [0.1, 0.15) is 39.0 Å². The van der Waals surface area contributed by atoms with Gasteiger partial charge in [-0.3, -0.25) is 9.59 Å². The zero-order valence-corrected chi connectivity index (χ0v) is 11.5. The van der Waals surface area contributed by atoms with Crippen molar-refractivity contribution in [2.45, 2.75) is 57.2 Å². The van der Waals surface area contributed by atoms with Gasteiger partial charge in [0, 0.05) is 12.1 Å². The number of carboxylic acid groups (broad SMARTS) is 1. The van der Waals surface area contributed by atoms with Gasteiger partial charge in [-0.15, -0.1) is 0 Å². The Balaban J connectivity index is 1.69. The molecular weight excluding hydrogens is 262 g/mol. The lowest BCUT2D eigenvalue weighted by Gasteiger charge is -2.17. The molecule has 2 saturated carbocycles. The summed E-state index contributed by atoms with van der Waals surface area (Å²) in [5.41, 5.74) is 0. The molecule has 0 aromatic heterocycles. The first-order chi connectivity index (χ1) is 9.45. The Morgan fingerprint density at radius 3 is 2.25 bits per heavy atom. The number of carbonyl (C=O) groups is 3. The highest BCUT2D eigenvalue weighted by Gasteiger charge is 2.31. The van der Waals surface area contributed by atoms with Gasteiger partial charge in [0.1, 0.15) is 6.04 Å². The highest BCUT2D eigenvalue weighted by molar-refractivity contribution is 5.87. The van der Waals surface area contributed by atoms with Crippen molar-refractivity contribution in [1.29, 1.82) is 0 Å². The zero-order chi connectivity index (χ0) is 14.7. The molecule has 2 rings (SSSR count). The fourth-order valence-electron chi connectivity index (χ4n) is 2.38. The second-order valence-corrected chi connectivity index (χ2v) is 5.67. The minimum absolute atomic E-state index is 0.130. The molecule has 2 aliphatic rings. The fraction of sp³-hybridized carbons (Fsp3) is 0.769. The molecule has 0 bridgehead atoms. The monoisotopic (exact) mass is 283 g/mol. The van der Waals surface area contributed by atoms with E-state index in [0.717, 1.165) is 12.8 Å². The number of carboxylic acids is 1. The van der Waals surface area contributed by atoms with Gasteiger partial charge in [0.2, 0.25) is 5.91 Å². The average molecular weight is 283 g/mol. The number of hydrogen-bond acceptors (Lipinski definition) is 3. The third-order valence-corrected chi connectivity index (χ3v) is 3.78. The highest BCUT2D eigenvalue weighted by atomic mass is 16.4. The first-order valence-corrected chi connectivity index (χ1v) is 7.06. The molecule has 3 amide bonds. The molecule has 0 heterocycles. The first kappa shape index (κ1) is 14.6. The molecule has 0 radical (unpaired) electrons. The fourth-order valence-corrected chi connectivity index (χ4v) is 2.38. The van der Waals surface area contributed by atoms with Crippen molar-refractivity contribution in [2.24, 2.45) is 5.92 Å². The number of carbonyl (C=O) groups excluding carboxylic acids is 2. The maximum Gasteiger partial charge on any atom is 0.315 e. The largest absolute Gasteiger partial charge is 0.481 e. The molecule has 20 heavy (non-hydrogen) atoms. The van der Waals surface area contributed by atoms with Crippen LogP contribution in [0.2, 0.25) is 0 Å². The second-order valence-electron chi connectivity index (χ2n) is 5.67. The van der Waals surface area contributed by atoms with Gasteiger partial charge >= 0.3 is 12.0 Å². The third-order valence-electron chi connectivity index (χ3n) is 3.78. The average Bonchev–Trinajstić information content (AvgIpc) is 3.05. The Bertz CT molecular complexity index is 408. The number of aliphatic carboxylic acids is 1. The number of amides is 3. The van der Waals surface area contributed by atoms with E-state index in [2.05, 4.69) is 16.0 Å². The molecule has 3 atom stereocenters. The summed E-state index contributed by atoms with van der Waals surface area (Å²) in [6, 6.07) is -0.873. The lowest BCUT2D eigenvalue weighted by Crippen LogP contribution is -2.50. The number of rotatable bonds is 5. The predicted octanol–water partition coefficient (Wildman–Crippen LogP) is 0.206. The van der Waals surface area contributed by atoms with Gasteiger partial charge in [0.05, 0.1) is 5.92 Å². The first-order valence-electron chi connectivity index (χ1n) is 7.06. The van der Waals surface area contributed by atoms with E-state index < -0.39 is 18.0 Å². The van der Waals surface area contributed by atoms with Crippen LogP contribution < -0.4 is 16.0 Å². The van der Waals surface area contributed by atoms with Gasteiger partial charge in [-0.05, 0) is 39.0 Å². The Morgan fingerprint density at radius 1 is 1.05 bits per heavy atom. The molecule has 0 saturated heterocycles.